The summed E-state index contributed by atoms with van der Waals surface area (Å²) < 4.78 is 37.4. The van der Waals surface area contributed by atoms with Crippen molar-refractivity contribution < 1.29 is 22.7 Å². The molecule has 0 heterocycles. The van der Waals surface area contributed by atoms with Gasteiger partial charge >= 0.3 is 0 Å². The molecule has 0 saturated heterocycles. The monoisotopic (exact) mass is 428 g/mol. The van der Waals surface area contributed by atoms with Gasteiger partial charge in [-0.25, -0.2) is 13.1 Å². The lowest BCUT2D eigenvalue weighted by Gasteiger charge is -2.31. The number of nitrogens with one attached hydrogen (secondary N) is 2. The first-order valence-electron chi connectivity index (χ1n) is 10.1. The molecule has 0 unspecified atom stereocenters. The summed E-state index contributed by atoms with van der Waals surface area (Å²) in [5, 5.41) is 2.91. The molecule has 0 saturated carbocycles. The quantitative estimate of drug-likeness (QED) is 0.563. The van der Waals surface area contributed by atoms with Gasteiger partial charge in [-0.1, -0.05) is 40.7 Å². The van der Waals surface area contributed by atoms with Crippen LogP contribution >= 0.6 is 0 Å². The van der Waals surface area contributed by atoms with Crippen LogP contribution in [0.5, 0.6) is 11.5 Å². The Balaban J connectivity index is 3.03. The highest BCUT2D eigenvalue weighted by molar-refractivity contribution is 7.88. The molecule has 0 aromatic heterocycles. The molecule has 0 aliphatic heterocycles. The third-order valence-corrected chi connectivity index (χ3v) is 4.87. The van der Waals surface area contributed by atoms with E-state index in [0.717, 1.165) is 24.7 Å². The second-order valence-corrected chi connectivity index (χ2v) is 10.1. The highest BCUT2D eigenvalue weighted by Crippen LogP contribution is 2.31. The van der Waals surface area contributed by atoms with E-state index in [0.29, 0.717) is 24.7 Å². The van der Waals surface area contributed by atoms with E-state index in [1.165, 1.54) is 0 Å². The Morgan fingerprint density at radius 3 is 2.10 bits per heavy atom. The van der Waals surface area contributed by atoms with Gasteiger partial charge in [0.1, 0.15) is 6.04 Å². The molecule has 1 rings (SSSR count). The number of carbonyl (C=O) groups excluding carboxylic acids is 1. The van der Waals surface area contributed by atoms with Crippen molar-refractivity contribution in [3.05, 3.63) is 23.8 Å². The number of ether oxygens (including phenoxy) is 2. The summed E-state index contributed by atoms with van der Waals surface area (Å²) in [6.07, 6.45) is 2.81. The maximum absolute atomic E-state index is 12.8. The number of hydrogen-bond donors (Lipinski definition) is 2. The van der Waals surface area contributed by atoms with Crippen LogP contribution in [0.2, 0.25) is 0 Å². The van der Waals surface area contributed by atoms with Gasteiger partial charge in [0.25, 0.3) is 0 Å². The number of rotatable bonds is 11. The maximum Gasteiger partial charge on any atom is 0.239 e. The van der Waals surface area contributed by atoms with Gasteiger partial charge in [-0.3, -0.25) is 4.79 Å². The first-order valence-corrected chi connectivity index (χ1v) is 11.9. The van der Waals surface area contributed by atoms with E-state index in [4.69, 9.17) is 9.47 Å². The maximum atomic E-state index is 12.8. The molecule has 1 amide bonds. The van der Waals surface area contributed by atoms with E-state index in [1.807, 2.05) is 59.7 Å². The predicted molar refractivity (Wildman–Crippen MR) is 116 cm³/mol. The number of sulfonamides is 1. The molecule has 0 radical (unpaired) electrons. The molecule has 0 fully saturated rings. The molecule has 0 aliphatic rings. The zero-order valence-electron chi connectivity index (χ0n) is 18.7. The van der Waals surface area contributed by atoms with Crippen molar-refractivity contribution in [2.24, 2.45) is 5.41 Å². The van der Waals surface area contributed by atoms with Crippen LogP contribution in [-0.4, -0.2) is 39.8 Å². The van der Waals surface area contributed by atoms with Gasteiger partial charge in [0, 0.05) is 0 Å². The topological polar surface area (TPSA) is 93.7 Å². The van der Waals surface area contributed by atoms with Gasteiger partial charge in [0.15, 0.2) is 11.5 Å². The zero-order valence-corrected chi connectivity index (χ0v) is 19.5. The van der Waals surface area contributed by atoms with Crippen molar-refractivity contribution in [2.45, 2.75) is 66.5 Å². The Morgan fingerprint density at radius 2 is 1.62 bits per heavy atom. The fraction of sp³-hybridized carbons (Fsp3) is 0.667. The fourth-order valence-electron chi connectivity index (χ4n) is 2.67. The minimum Gasteiger partial charge on any atom is -0.490 e. The fourth-order valence-corrected chi connectivity index (χ4v) is 3.56. The standard InChI is InChI=1S/C21H36N2O5S/c1-8-12-27-17-11-10-16(14-18(17)28-13-9-2)15(3)22-20(24)19(21(4,5)6)23-29(7,25)26/h10-11,14-15,19,23H,8-9,12-13H2,1-7H3,(H,22,24)/t15-,19-/m1/s1. The van der Waals surface area contributed by atoms with Crippen molar-refractivity contribution in [2.75, 3.05) is 19.5 Å². The lowest BCUT2D eigenvalue weighted by Crippen LogP contribution is -2.53. The normalized spacial score (nSPS) is 14.2. The molecular formula is C21H36N2O5S. The van der Waals surface area contributed by atoms with Gasteiger partial charge in [-0.05, 0) is 42.9 Å². The van der Waals surface area contributed by atoms with E-state index in [2.05, 4.69) is 10.0 Å². The molecule has 0 spiro atoms. The number of benzene rings is 1. The summed E-state index contributed by atoms with van der Waals surface area (Å²) in [7, 11) is -3.53. The van der Waals surface area contributed by atoms with Crippen LogP contribution in [0.1, 0.15) is 66.0 Å². The van der Waals surface area contributed by atoms with Crippen LogP contribution in [0.4, 0.5) is 0 Å². The highest BCUT2D eigenvalue weighted by atomic mass is 32.2. The van der Waals surface area contributed by atoms with Gasteiger partial charge in [-0.15, -0.1) is 0 Å². The summed E-state index contributed by atoms with van der Waals surface area (Å²) >= 11 is 0. The first kappa shape index (κ1) is 25.2. The first-order chi connectivity index (χ1) is 13.4. The van der Waals surface area contributed by atoms with Crippen LogP contribution in [0.25, 0.3) is 0 Å². The average molecular weight is 429 g/mol. The highest BCUT2D eigenvalue weighted by Gasteiger charge is 2.34. The van der Waals surface area contributed by atoms with Crippen LogP contribution in [-0.2, 0) is 14.8 Å². The van der Waals surface area contributed by atoms with E-state index in [9.17, 15) is 13.2 Å². The zero-order chi connectivity index (χ0) is 22.2. The van der Waals surface area contributed by atoms with Crippen LogP contribution in [0.3, 0.4) is 0 Å². The average Bonchev–Trinajstić information content (AvgIpc) is 2.61. The predicted octanol–water partition coefficient (Wildman–Crippen LogP) is 3.41. The molecule has 0 aliphatic carbocycles. The lowest BCUT2D eigenvalue weighted by atomic mass is 9.86. The van der Waals surface area contributed by atoms with E-state index >= 15 is 0 Å². The Bertz CT molecular complexity index is 772. The van der Waals surface area contributed by atoms with Crippen molar-refractivity contribution in [1.82, 2.24) is 10.0 Å². The summed E-state index contributed by atoms with van der Waals surface area (Å²) in [6.45, 7) is 12.5. The Kier molecular flexibility index (Phi) is 9.42. The lowest BCUT2D eigenvalue weighted by molar-refractivity contribution is -0.125. The Labute approximate surface area is 175 Å². The van der Waals surface area contributed by atoms with Crippen LogP contribution in [0.15, 0.2) is 18.2 Å². The molecule has 2 atom stereocenters. The second kappa shape index (κ2) is 10.8. The van der Waals surface area contributed by atoms with Crippen molar-refractivity contribution in [1.29, 1.82) is 0 Å². The minimum absolute atomic E-state index is 0.335. The molecule has 2 N–H and O–H groups in total. The second-order valence-electron chi connectivity index (χ2n) is 8.32. The molecular weight excluding hydrogens is 392 g/mol. The van der Waals surface area contributed by atoms with Crippen molar-refractivity contribution in [3.63, 3.8) is 0 Å². The SMILES string of the molecule is CCCOc1ccc([C@@H](C)NC(=O)[C@@H](NS(C)(=O)=O)C(C)(C)C)cc1OCCC. The molecule has 0 bridgehead atoms. The Morgan fingerprint density at radius 1 is 1.07 bits per heavy atom. The Hall–Kier alpha value is -1.80. The van der Waals surface area contributed by atoms with Crippen molar-refractivity contribution >= 4 is 15.9 Å². The minimum atomic E-state index is -3.53. The smallest absolute Gasteiger partial charge is 0.239 e. The number of hydrogen-bond acceptors (Lipinski definition) is 5. The van der Waals surface area contributed by atoms with Gasteiger partial charge in [0.2, 0.25) is 15.9 Å². The summed E-state index contributed by atoms with van der Waals surface area (Å²) in [5.41, 5.74) is 0.264. The van der Waals surface area contributed by atoms with Gasteiger partial charge in [0.05, 0.1) is 25.5 Å². The molecule has 166 valence electrons. The third kappa shape index (κ3) is 8.62. The summed E-state index contributed by atoms with van der Waals surface area (Å²) in [5.74, 6) is 0.937. The number of carbonyl (C=O) groups is 1. The van der Waals surface area contributed by atoms with E-state index in [-0.39, 0.29) is 11.9 Å². The summed E-state index contributed by atoms with van der Waals surface area (Å²) in [6, 6.07) is 4.36. The largest absolute Gasteiger partial charge is 0.490 e. The molecule has 1 aromatic carbocycles. The summed E-state index contributed by atoms with van der Waals surface area (Å²) in [4.78, 5) is 12.8. The number of amides is 1. The molecule has 29 heavy (non-hydrogen) atoms. The van der Waals surface area contributed by atoms with Crippen LogP contribution < -0.4 is 19.5 Å². The van der Waals surface area contributed by atoms with Crippen molar-refractivity contribution in [3.8, 4) is 11.5 Å². The third-order valence-electron chi connectivity index (χ3n) is 4.21. The molecule has 1 aromatic rings. The van der Waals surface area contributed by atoms with E-state index in [1.54, 1.807) is 0 Å². The van der Waals surface area contributed by atoms with Gasteiger partial charge in [-0.2, -0.15) is 0 Å². The van der Waals surface area contributed by atoms with Gasteiger partial charge < -0.3 is 14.8 Å². The molecule has 8 heteroatoms. The van der Waals surface area contributed by atoms with Crippen LogP contribution in [0, 0.1) is 5.41 Å². The molecule has 7 nitrogen and oxygen atoms in total. The van der Waals surface area contributed by atoms with E-state index < -0.39 is 21.5 Å².